The maximum absolute atomic E-state index is 12.6. The first kappa shape index (κ1) is 11.9. The van der Waals surface area contributed by atoms with Crippen molar-refractivity contribution in [1.82, 2.24) is 0 Å². The Morgan fingerprint density at radius 2 is 2.12 bits per heavy atom. The third-order valence-corrected chi connectivity index (χ3v) is 2.63. The van der Waals surface area contributed by atoms with Crippen molar-refractivity contribution >= 4 is 5.97 Å². The molecule has 5 heteroatoms. The van der Waals surface area contributed by atoms with Gasteiger partial charge in [-0.1, -0.05) is 0 Å². The molecule has 2 rings (SSSR count). The van der Waals surface area contributed by atoms with E-state index in [4.69, 9.17) is 14.6 Å². The van der Waals surface area contributed by atoms with Crippen LogP contribution in [0.15, 0.2) is 24.3 Å². The minimum atomic E-state index is -0.936. The number of aliphatic carboxylic acids is 1. The second-order valence-corrected chi connectivity index (χ2v) is 3.93. The fourth-order valence-electron chi connectivity index (χ4n) is 1.73. The average Bonchev–Trinajstić information content (AvgIpc) is 2.77. The normalized spacial score (nSPS) is 23.6. The molecule has 1 aliphatic rings. The molecule has 0 aromatic heterocycles. The summed E-state index contributed by atoms with van der Waals surface area (Å²) in [5.41, 5.74) is 0. The van der Waals surface area contributed by atoms with Crippen molar-refractivity contribution in [3.63, 3.8) is 0 Å². The number of carboxylic acids is 1. The number of benzene rings is 1. The monoisotopic (exact) mass is 240 g/mol. The third-order valence-electron chi connectivity index (χ3n) is 2.63. The van der Waals surface area contributed by atoms with Crippen molar-refractivity contribution in [1.29, 1.82) is 0 Å². The molecule has 2 unspecified atom stereocenters. The minimum absolute atomic E-state index is 0.207. The molecule has 0 bridgehead atoms. The Morgan fingerprint density at radius 3 is 2.71 bits per heavy atom. The highest BCUT2D eigenvalue weighted by Gasteiger charge is 2.30. The Bertz CT molecular complexity index is 390. The van der Waals surface area contributed by atoms with Crippen LogP contribution in [0.25, 0.3) is 0 Å². The van der Waals surface area contributed by atoms with Crippen molar-refractivity contribution in [2.75, 3.05) is 6.61 Å². The fourth-order valence-corrected chi connectivity index (χ4v) is 1.73. The van der Waals surface area contributed by atoms with Gasteiger partial charge in [0.05, 0.1) is 6.10 Å². The van der Waals surface area contributed by atoms with E-state index in [0.29, 0.717) is 18.6 Å². The number of rotatable bonds is 4. The third kappa shape index (κ3) is 3.17. The van der Waals surface area contributed by atoms with E-state index in [1.807, 2.05) is 0 Å². The summed E-state index contributed by atoms with van der Waals surface area (Å²) in [7, 11) is 0. The standard InChI is InChI=1S/C12H13FO4/c13-8-1-3-9(4-2-8)16-7-10-5-6-11(17-10)12(14)15/h1-4,10-11H,5-7H2,(H,14,15). The van der Waals surface area contributed by atoms with Crippen LogP contribution in [0.3, 0.4) is 0 Å². The van der Waals surface area contributed by atoms with Crippen molar-refractivity contribution in [2.45, 2.75) is 25.0 Å². The zero-order chi connectivity index (χ0) is 12.3. The number of ether oxygens (including phenoxy) is 2. The van der Waals surface area contributed by atoms with Crippen molar-refractivity contribution < 1.29 is 23.8 Å². The van der Waals surface area contributed by atoms with Gasteiger partial charge in [-0.05, 0) is 37.1 Å². The zero-order valence-corrected chi connectivity index (χ0v) is 9.14. The highest BCUT2D eigenvalue weighted by molar-refractivity contribution is 5.72. The van der Waals surface area contributed by atoms with Crippen LogP contribution in [-0.4, -0.2) is 29.9 Å². The highest BCUT2D eigenvalue weighted by Crippen LogP contribution is 2.21. The first-order chi connectivity index (χ1) is 8.15. The van der Waals surface area contributed by atoms with E-state index in [2.05, 4.69) is 0 Å². The summed E-state index contributed by atoms with van der Waals surface area (Å²) >= 11 is 0. The summed E-state index contributed by atoms with van der Waals surface area (Å²) in [6.07, 6.45) is 0.239. The number of hydrogen-bond donors (Lipinski definition) is 1. The van der Waals surface area contributed by atoms with Gasteiger partial charge in [-0.2, -0.15) is 0 Å². The molecule has 92 valence electrons. The van der Waals surface area contributed by atoms with E-state index in [-0.39, 0.29) is 18.5 Å². The zero-order valence-electron chi connectivity index (χ0n) is 9.14. The van der Waals surface area contributed by atoms with E-state index in [9.17, 15) is 9.18 Å². The molecule has 2 atom stereocenters. The predicted octanol–water partition coefficient (Wildman–Crippen LogP) is 1.84. The smallest absolute Gasteiger partial charge is 0.332 e. The Labute approximate surface area is 98.0 Å². The van der Waals surface area contributed by atoms with Crippen LogP contribution >= 0.6 is 0 Å². The fraction of sp³-hybridized carbons (Fsp3) is 0.417. The van der Waals surface area contributed by atoms with Crippen LogP contribution in [0.2, 0.25) is 0 Å². The number of carbonyl (C=O) groups is 1. The molecule has 0 spiro atoms. The van der Waals surface area contributed by atoms with Crippen molar-refractivity contribution in [2.24, 2.45) is 0 Å². The maximum atomic E-state index is 12.6. The summed E-state index contributed by atoms with van der Waals surface area (Å²) in [5, 5.41) is 8.74. The van der Waals surface area contributed by atoms with E-state index in [1.165, 1.54) is 24.3 Å². The molecule has 0 saturated carbocycles. The Kier molecular flexibility index (Phi) is 3.58. The molecule has 1 N–H and O–H groups in total. The van der Waals surface area contributed by atoms with Gasteiger partial charge in [0.1, 0.15) is 18.2 Å². The Balaban J connectivity index is 1.80. The van der Waals surface area contributed by atoms with Gasteiger partial charge >= 0.3 is 5.97 Å². The van der Waals surface area contributed by atoms with E-state index < -0.39 is 12.1 Å². The topological polar surface area (TPSA) is 55.8 Å². The largest absolute Gasteiger partial charge is 0.491 e. The summed E-state index contributed by atoms with van der Waals surface area (Å²) in [6.45, 7) is 0.287. The van der Waals surface area contributed by atoms with Gasteiger partial charge in [-0.15, -0.1) is 0 Å². The molecule has 1 aromatic rings. The summed E-state index contributed by atoms with van der Waals surface area (Å²) < 4.78 is 23.3. The molecule has 17 heavy (non-hydrogen) atoms. The number of hydrogen-bond acceptors (Lipinski definition) is 3. The quantitative estimate of drug-likeness (QED) is 0.872. The van der Waals surface area contributed by atoms with Crippen LogP contribution in [0.1, 0.15) is 12.8 Å². The minimum Gasteiger partial charge on any atom is -0.491 e. The van der Waals surface area contributed by atoms with Crippen LogP contribution in [0, 0.1) is 5.82 Å². The predicted molar refractivity (Wildman–Crippen MR) is 57.4 cm³/mol. The molecule has 4 nitrogen and oxygen atoms in total. The molecular formula is C12H13FO4. The lowest BCUT2D eigenvalue weighted by Gasteiger charge is -2.12. The molecule has 1 fully saturated rings. The molecule has 1 aromatic carbocycles. The molecule has 0 amide bonds. The van der Waals surface area contributed by atoms with Gasteiger partial charge < -0.3 is 14.6 Å². The molecule has 0 aliphatic carbocycles. The SMILES string of the molecule is O=C(O)C1CCC(COc2ccc(F)cc2)O1. The lowest BCUT2D eigenvalue weighted by molar-refractivity contribution is -0.149. The van der Waals surface area contributed by atoms with E-state index in [1.54, 1.807) is 0 Å². The summed E-state index contributed by atoms with van der Waals surface area (Å²) in [5.74, 6) is -0.705. The van der Waals surface area contributed by atoms with Crippen molar-refractivity contribution in [3.8, 4) is 5.75 Å². The van der Waals surface area contributed by atoms with Gasteiger partial charge in [0, 0.05) is 0 Å². The molecule has 1 aliphatic heterocycles. The van der Waals surface area contributed by atoms with Gasteiger partial charge in [0.15, 0.2) is 6.10 Å². The first-order valence-corrected chi connectivity index (χ1v) is 5.42. The number of halogens is 1. The van der Waals surface area contributed by atoms with Crippen LogP contribution < -0.4 is 4.74 Å². The van der Waals surface area contributed by atoms with Gasteiger partial charge in [-0.25, -0.2) is 9.18 Å². The van der Waals surface area contributed by atoms with E-state index in [0.717, 1.165) is 0 Å². The molecule has 0 radical (unpaired) electrons. The average molecular weight is 240 g/mol. The summed E-state index contributed by atoms with van der Waals surface area (Å²) in [6, 6.07) is 5.67. The second-order valence-electron chi connectivity index (χ2n) is 3.93. The van der Waals surface area contributed by atoms with Crippen LogP contribution in [-0.2, 0) is 9.53 Å². The lowest BCUT2D eigenvalue weighted by atomic mass is 10.2. The summed E-state index contributed by atoms with van der Waals surface area (Å²) in [4.78, 5) is 10.7. The second kappa shape index (κ2) is 5.14. The molecular weight excluding hydrogens is 227 g/mol. The van der Waals surface area contributed by atoms with Gasteiger partial charge in [-0.3, -0.25) is 0 Å². The van der Waals surface area contributed by atoms with Gasteiger partial charge in [0.25, 0.3) is 0 Å². The van der Waals surface area contributed by atoms with Gasteiger partial charge in [0.2, 0.25) is 0 Å². The molecule has 1 heterocycles. The Hall–Kier alpha value is -1.62. The highest BCUT2D eigenvalue weighted by atomic mass is 19.1. The first-order valence-electron chi connectivity index (χ1n) is 5.42. The van der Waals surface area contributed by atoms with E-state index >= 15 is 0 Å². The van der Waals surface area contributed by atoms with Crippen LogP contribution in [0.5, 0.6) is 5.75 Å². The maximum Gasteiger partial charge on any atom is 0.332 e. The number of carboxylic acid groups (broad SMARTS) is 1. The van der Waals surface area contributed by atoms with Crippen LogP contribution in [0.4, 0.5) is 4.39 Å². The molecule has 1 saturated heterocycles. The van der Waals surface area contributed by atoms with Crippen molar-refractivity contribution in [3.05, 3.63) is 30.1 Å². The Morgan fingerprint density at radius 1 is 1.41 bits per heavy atom. The lowest BCUT2D eigenvalue weighted by Crippen LogP contribution is -2.23.